The van der Waals surface area contributed by atoms with Crippen LogP contribution >= 0.6 is 0 Å². The highest BCUT2D eigenvalue weighted by atomic mass is 19.4. The van der Waals surface area contributed by atoms with Crippen LogP contribution in [0, 0.1) is 0 Å². The first-order valence-electron chi connectivity index (χ1n) is 8.96. The molecule has 5 nitrogen and oxygen atoms in total. The number of hydrogen-bond acceptors (Lipinski definition) is 5. The van der Waals surface area contributed by atoms with Crippen molar-refractivity contribution in [3.8, 4) is 11.8 Å². The van der Waals surface area contributed by atoms with Gasteiger partial charge in [0.15, 0.2) is 5.82 Å². The Balaban J connectivity index is 1.89. The Hall–Kier alpha value is -3.29. The summed E-state index contributed by atoms with van der Waals surface area (Å²) in [6, 6.07) is 15.8. The fraction of sp³-hybridized carbons (Fsp3) is 0.238. The number of alkyl halides is 3. The van der Waals surface area contributed by atoms with E-state index in [4.69, 9.17) is 9.47 Å². The zero-order valence-corrected chi connectivity index (χ0v) is 16.0. The Morgan fingerprint density at radius 2 is 1.66 bits per heavy atom. The topological polar surface area (TPSA) is 47.5 Å². The van der Waals surface area contributed by atoms with Gasteiger partial charge in [0.1, 0.15) is 17.9 Å². The molecule has 3 aromatic rings. The number of aromatic nitrogens is 2. The molecule has 0 amide bonds. The van der Waals surface area contributed by atoms with Crippen molar-refractivity contribution in [2.24, 2.45) is 0 Å². The summed E-state index contributed by atoms with van der Waals surface area (Å²) in [5.74, 6) is 0.343. The molecule has 1 aromatic heterocycles. The maximum Gasteiger partial charge on any atom is 0.421 e. The Morgan fingerprint density at radius 1 is 0.966 bits per heavy atom. The molecule has 152 valence electrons. The highest BCUT2D eigenvalue weighted by Crippen LogP contribution is 2.38. The number of halogens is 3. The van der Waals surface area contributed by atoms with Gasteiger partial charge in [-0.15, -0.1) is 0 Å². The molecule has 0 radical (unpaired) electrons. The monoisotopic (exact) mass is 403 g/mol. The van der Waals surface area contributed by atoms with Crippen LogP contribution in [0.2, 0.25) is 0 Å². The molecule has 0 aliphatic carbocycles. The van der Waals surface area contributed by atoms with Gasteiger partial charge < -0.3 is 14.4 Å². The van der Waals surface area contributed by atoms with E-state index >= 15 is 0 Å². The highest BCUT2D eigenvalue weighted by molar-refractivity contribution is 5.63. The van der Waals surface area contributed by atoms with Crippen LogP contribution in [0.3, 0.4) is 0 Å². The molecule has 0 bridgehead atoms. The number of rotatable bonds is 7. The van der Waals surface area contributed by atoms with E-state index in [-0.39, 0.29) is 18.4 Å². The van der Waals surface area contributed by atoms with Gasteiger partial charge in [0.2, 0.25) is 0 Å². The lowest BCUT2D eigenvalue weighted by molar-refractivity contribution is -0.137. The van der Waals surface area contributed by atoms with Crippen LogP contribution in [0.5, 0.6) is 11.8 Å². The summed E-state index contributed by atoms with van der Waals surface area (Å²) in [7, 11) is 1.51. The molecule has 0 spiro atoms. The smallest absolute Gasteiger partial charge is 0.421 e. The Kier molecular flexibility index (Phi) is 6.21. The maximum atomic E-state index is 13.5. The van der Waals surface area contributed by atoms with Gasteiger partial charge in [0, 0.05) is 18.9 Å². The van der Waals surface area contributed by atoms with Crippen LogP contribution in [0.1, 0.15) is 18.1 Å². The maximum absolute atomic E-state index is 13.5. The number of benzene rings is 2. The second-order valence-electron chi connectivity index (χ2n) is 6.15. The van der Waals surface area contributed by atoms with E-state index in [1.54, 1.807) is 24.3 Å². The molecule has 0 atom stereocenters. The number of anilines is 2. The normalized spacial score (nSPS) is 11.2. The van der Waals surface area contributed by atoms with Crippen molar-refractivity contribution in [2.45, 2.75) is 19.7 Å². The summed E-state index contributed by atoms with van der Waals surface area (Å²) in [5, 5.41) is 0. The minimum atomic E-state index is -4.60. The van der Waals surface area contributed by atoms with Crippen molar-refractivity contribution >= 4 is 11.5 Å². The molecule has 2 aromatic carbocycles. The second-order valence-corrected chi connectivity index (χ2v) is 6.15. The molecule has 3 rings (SSSR count). The molecule has 0 saturated heterocycles. The zero-order valence-electron chi connectivity index (χ0n) is 16.0. The van der Waals surface area contributed by atoms with E-state index in [0.29, 0.717) is 18.0 Å². The van der Waals surface area contributed by atoms with E-state index in [1.165, 1.54) is 11.9 Å². The molecular formula is C21H20F3N3O2. The average Bonchev–Trinajstić information content (AvgIpc) is 2.72. The van der Waals surface area contributed by atoms with Crippen molar-refractivity contribution in [3.05, 3.63) is 71.9 Å². The van der Waals surface area contributed by atoms with Crippen molar-refractivity contribution in [3.63, 3.8) is 0 Å². The Labute approximate surface area is 166 Å². The summed E-state index contributed by atoms with van der Waals surface area (Å²) < 4.78 is 51.4. The molecule has 0 unspecified atom stereocenters. The minimum Gasteiger partial charge on any atom is -0.494 e. The number of hydrogen-bond donors (Lipinski definition) is 0. The second kappa shape index (κ2) is 8.81. The van der Waals surface area contributed by atoms with E-state index in [2.05, 4.69) is 9.97 Å². The largest absolute Gasteiger partial charge is 0.494 e. The standard InChI is InChI=1S/C21H20F3N3O2/c1-3-28-17-11-9-16(10-12-17)27(2)19-18(21(22,23)24)13-25-20(26-19)29-14-15-7-5-4-6-8-15/h4-13H,3,14H2,1-2H3. The molecule has 1 heterocycles. The lowest BCUT2D eigenvalue weighted by atomic mass is 10.2. The van der Waals surface area contributed by atoms with Gasteiger partial charge in [-0.3, -0.25) is 0 Å². The van der Waals surface area contributed by atoms with Crippen molar-refractivity contribution in [2.75, 3.05) is 18.6 Å². The van der Waals surface area contributed by atoms with Crippen LogP contribution in [0.25, 0.3) is 0 Å². The molecule has 0 aliphatic rings. The molecule has 29 heavy (non-hydrogen) atoms. The fourth-order valence-corrected chi connectivity index (χ4v) is 2.66. The van der Waals surface area contributed by atoms with Gasteiger partial charge in [0.25, 0.3) is 0 Å². The fourth-order valence-electron chi connectivity index (χ4n) is 2.66. The van der Waals surface area contributed by atoms with Gasteiger partial charge in [0.05, 0.1) is 6.61 Å². The SMILES string of the molecule is CCOc1ccc(N(C)c2nc(OCc3ccccc3)ncc2C(F)(F)F)cc1. The van der Waals surface area contributed by atoms with Crippen molar-refractivity contribution in [1.82, 2.24) is 9.97 Å². The van der Waals surface area contributed by atoms with Crippen LogP contribution in [-0.4, -0.2) is 23.6 Å². The lowest BCUT2D eigenvalue weighted by Crippen LogP contribution is -2.19. The van der Waals surface area contributed by atoms with E-state index < -0.39 is 11.7 Å². The van der Waals surface area contributed by atoms with Crippen molar-refractivity contribution in [1.29, 1.82) is 0 Å². The summed E-state index contributed by atoms with van der Waals surface area (Å²) in [5.41, 5.74) is 0.435. The average molecular weight is 403 g/mol. The Morgan fingerprint density at radius 3 is 2.28 bits per heavy atom. The summed E-state index contributed by atoms with van der Waals surface area (Å²) in [6.45, 7) is 2.51. The Bertz CT molecular complexity index is 932. The van der Waals surface area contributed by atoms with E-state index in [9.17, 15) is 13.2 Å². The van der Waals surface area contributed by atoms with Gasteiger partial charge in [-0.25, -0.2) is 4.98 Å². The number of ether oxygens (including phenoxy) is 2. The van der Waals surface area contributed by atoms with Crippen molar-refractivity contribution < 1.29 is 22.6 Å². The van der Waals surface area contributed by atoms with Gasteiger partial charge in [-0.2, -0.15) is 18.2 Å². The molecule has 0 aliphatic heterocycles. The molecule has 0 fully saturated rings. The summed E-state index contributed by atoms with van der Waals surface area (Å²) in [6.07, 6.45) is -3.86. The van der Waals surface area contributed by atoms with Gasteiger partial charge in [-0.1, -0.05) is 30.3 Å². The minimum absolute atomic E-state index is 0.130. The third-order valence-corrected chi connectivity index (χ3v) is 4.12. The van der Waals surface area contributed by atoms with Crippen LogP contribution in [0.15, 0.2) is 60.8 Å². The first-order chi connectivity index (χ1) is 13.9. The molecule has 0 saturated carbocycles. The van der Waals surface area contributed by atoms with E-state index in [0.717, 1.165) is 11.8 Å². The van der Waals surface area contributed by atoms with Gasteiger partial charge in [-0.05, 0) is 36.8 Å². The molecule has 8 heteroatoms. The van der Waals surface area contributed by atoms with Crippen LogP contribution in [-0.2, 0) is 12.8 Å². The predicted octanol–water partition coefficient (Wildman–Crippen LogP) is 5.24. The summed E-state index contributed by atoms with van der Waals surface area (Å²) in [4.78, 5) is 9.11. The summed E-state index contributed by atoms with van der Waals surface area (Å²) >= 11 is 0. The lowest BCUT2D eigenvalue weighted by Gasteiger charge is -2.22. The van der Waals surface area contributed by atoms with Crippen LogP contribution in [0.4, 0.5) is 24.7 Å². The third kappa shape index (κ3) is 5.16. The third-order valence-electron chi connectivity index (χ3n) is 4.12. The van der Waals surface area contributed by atoms with Crippen LogP contribution < -0.4 is 14.4 Å². The molecule has 0 N–H and O–H groups in total. The van der Waals surface area contributed by atoms with Gasteiger partial charge >= 0.3 is 12.2 Å². The quantitative estimate of drug-likeness (QED) is 0.540. The first kappa shape index (κ1) is 20.4. The first-order valence-corrected chi connectivity index (χ1v) is 8.96. The number of nitrogens with zero attached hydrogens (tertiary/aromatic N) is 3. The zero-order chi connectivity index (χ0) is 20.9. The highest BCUT2D eigenvalue weighted by Gasteiger charge is 2.36. The van der Waals surface area contributed by atoms with E-state index in [1.807, 2.05) is 37.3 Å². The predicted molar refractivity (Wildman–Crippen MR) is 103 cm³/mol. The molecular weight excluding hydrogens is 383 g/mol.